The van der Waals surface area contributed by atoms with Crippen molar-refractivity contribution in [3.63, 3.8) is 0 Å². The fourth-order valence-electron chi connectivity index (χ4n) is 3.62. The van der Waals surface area contributed by atoms with Crippen LogP contribution >= 0.6 is 11.8 Å². The van der Waals surface area contributed by atoms with Crippen LogP contribution in [-0.2, 0) is 15.2 Å². The topological polar surface area (TPSA) is 85.2 Å². The minimum absolute atomic E-state index is 0.194. The van der Waals surface area contributed by atoms with E-state index in [2.05, 4.69) is 0 Å². The highest BCUT2D eigenvalue weighted by Crippen LogP contribution is 2.49. The third-order valence-corrected chi connectivity index (χ3v) is 6.16. The third-order valence-electron chi connectivity index (χ3n) is 4.92. The highest BCUT2D eigenvalue weighted by molar-refractivity contribution is 7.99. The van der Waals surface area contributed by atoms with Gasteiger partial charge in [0.05, 0.1) is 46.7 Å². The fourth-order valence-corrected chi connectivity index (χ4v) is 4.99. The molecule has 0 N–H and O–H groups in total. The average molecular weight is 421 g/mol. The lowest BCUT2D eigenvalue weighted by molar-refractivity contribution is 0.0555. The first-order chi connectivity index (χ1) is 13.9. The zero-order chi connectivity index (χ0) is 21.3. The number of fused-ring (bicyclic) bond motifs is 1. The van der Waals surface area contributed by atoms with Crippen molar-refractivity contribution in [1.29, 1.82) is 0 Å². The molecule has 1 aromatic heterocycles. The molecule has 0 fully saturated rings. The number of thioether (sulfide) groups is 1. The summed E-state index contributed by atoms with van der Waals surface area (Å²) in [6.45, 7) is 1.79. The van der Waals surface area contributed by atoms with Crippen LogP contribution in [0.25, 0.3) is 0 Å². The molecule has 1 aromatic carbocycles. The number of ether oxygens (including phenoxy) is 5. The van der Waals surface area contributed by atoms with Crippen LogP contribution in [0.1, 0.15) is 43.0 Å². The van der Waals surface area contributed by atoms with E-state index in [0.29, 0.717) is 28.7 Å². The molecular weight excluding hydrogens is 398 g/mol. The summed E-state index contributed by atoms with van der Waals surface area (Å²) in [5, 5.41) is -0.194. The molecule has 1 atom stereocenters. The second-order valence-electron chi connectivity index (χ2n) is 6.26. The number of carbonyl (C=O) groups is 2. The van der Waals surface area contributed by atoms with E-state index in [1.807, 2.05) is 16.7 Å². The molecule has 0 unspecified atom stereocenters. The van der Waals surface area contributed by atoms with E-state index in [4.69, 9.17) is 23.7 Å². The number of methoxy groups -OCH3 is 5. The van der Waals surface area contributed by atoms with E-state index >= 15 is 0 Å². The molecule has 9 heteroatoms. The molecule has 8 nitrogen and oxygen atoms in total. The summed E-state index contributed by atoms with van der Waals surface area (Å²) in [6, 6.07) is 3.73. The first-order valence-corrected chi connectivity index (χ1v) is 9.80. The number of aromatic nitrogens is 1. The highest BCUT2D eigenvalue weighted by Gasteiger charge is 2.37. The van der Waals surface area contributed by atoms with E-state index in [1.165, 1.54) is 14.2 Å². The van der Waals surface area contributed by atoms with Gasteiger partial charge in [-0.05, 0) is 24.6 Å². The number of nitrogens with zero attached hydrogens (tertiary/aromatic N) is 1. The predicted molar refractivity (Wildman–Crippen MR) is 107 cm³/mol. The van der Waals surface area contributed by atoms with Crippen LogP contribution in [0.4, 0.5) is 0 Å². The molecule has 0 saturated heterocycles. The second kappa shape index (κ2) is 8.28. The normalized spacial score (nSPS) is 14.9. The van der Waals surface area contributed by atoms with E-state index in [-0.39, 0.29) is 16.5 Å². The standard InChI is InChI=1S/C20H23NO7S/c1-10-15(19(22)27-5)16(20(23)28-6)12-9-29-18(21(10)12)11-7-13(24-2)17(26-4)14(8-11)25-3/h7-8,18H,9H2,1-6H3/t18-/m1/s1. The number of hydrogen-bond acceptors (Lipinski definition) is 8. The number of hydrogen-bond donors (Lipinski definition) is 0. The maximum absolute atomic E-state index is 12.4. The van der Waals surface area contributed by atoms with Crippen molar-refractivity contribution in [2.45, 2.75) is 18.1 Å². The SMILES string of the molecule is COC(=O)c1c(C(=O)OC)c2n(c1C)[C@@H](c1cc(OC)c(OC)c(OC)c1)SC2. The first kappa shape index (κ1) is 20.9. The van der Waals surface area contributed by atoms with Gasteiger partial charge in [0.15, 0.2) is 11.5 Å². The molecule has 156 valence electrons. The molecule has 0 bridgehead atoms. The molecule has 0 saturated carbocycles. The molecule has 0 radical (unpaired) electrons. The lowest BCUT2D eigenvalue weighted by Gasteiger charge is -2.19. The lowest BCUT2D eigenvalue weighted by Crippen LogP contribution is -2.12. The maximum atomic E-state index is 12.4. The Morgan fingerprint density at radius 3 is 1.97 bits per heavy atom. The van der Waals surface area contributed by atoms with Crippen molar-refractivity contribution in [1.82, 2.24) is 4.57 Å². The highest BCUT2D eigenvalue weighted by atomic mass is 32.2. The van der Waals surface area contributed by atoms with Crippen LogP contribution in [0.2, 0.25) is 0 Å². The maximum Gasteiger partial charge on any atom is 0.340 e. The molecule has 2 aromatic rings. The van der Waals surface area contributed by atoms with Gasteiger partial charge in [-0.1, -0.05) is 0 Å². The van der Waals surface area contributed by atoms with Crippen molar-refractivity contribution >= 4 is 23.7 Å². The Morgan fingerprint density at radius 1 is 0.931 bits per heavy atom. The Kier molecular flexibility index (Phi) is 5.97. The zero-order valence-corrected chi connectivity index (χ0v) is 18.0. The summed E-state index contributed by atoms with van der Waals surface area (Å²) in [6.07, 6.45) is 0. The van der Waals surface area contributed by atoms with Crippen LogP contribution < -0.4 is 14.2 Å². The summed E-state index contributed by atoms with van der Waals surface area (Å²) in [4.78, 5) is 24.8. The van der Waals surface area contributed by atoms with Crippen LogP contribution in [0.15, 0.2) is 12.1 Å². The number of esters is 2. The summed E-state index contributed by atoms with van der Waals surface area (Å²) in [7, 11) is 7.24. The van der Waals surface area contributed by atoms with Crippen molar-refractivity contribution in [2.75, 3.05) is 35.5 Å². The molecular formula is C20H23NO7S. The molecule has 0 aliphatic carbocycles. The molecule has 1 aliphatic rings. The van der Waals surface area contributed by atoms with Gasteiger partial charge in [0.1, 0.15) is 5.37 Å². The summed E-state index contributed by atoms with van der Waals surface area (Å²) >= 11 is 1.62. The van der Waals surface area contributed by atoms with Crippen molar-refractivity contribution in [3.8, 4) is 17.2 Å². The lowest BCUT2D eigenvalue weighted by atomic mass is 10.1. The summed E-state index contributed by atoms with van der Waals surface area (Å²) in [5.41, 5.74) is 2.72. The Labute approximate surface area is 173 Å². The van der Waals surface area contributed by atoms with Gasteiger partial charge in [-0.15, -0.1) is 11.8 Å². The third kappa shape index (κ3) is 3.29. The minimum atomic E-state index is -0.571. The first-order valence-electron chi connectivity index (χ1n) is 8.75. The van der Waals surface area contributed by atoms with Gasteiger partial charge in [0.2, 0.25) is 5.75 Å². The monoisotopic (exact) mass is 421 g/mol. The second-order valence-corrected chi connectivity index (χ2v) is 7.33. The van der Waals surface area contributed by atoms with Crippen molar-refractivity contribution < 1.29 is 33.3 Å². The number of carbonyl (C=O) groups excluding carboxylic acids is 2. The molecule has 1 aliphatic heterocycles. The van der Waals surface area contributed by atoms with Gasteiger partial charge in [0, 0.05) is 17.1 Å². The molecule has 3 rings (SSSR count). The summed E-state index contributed by atoms with van der Waals surface area (Å²) < 4.78 is 28.1. The number of benzene rings is 1. The smallest absolute Gasteiger partial charge is 0.340 e. The van der Waals surface area contributed by atoms with Gasteiger partial charge >= 0.3 is 11.9 Å². The van der Waals surface area contributed by atoms with E-state index in [9.17, 15) is 9.59 Å². The Morgan fingerprint density at radius 2 is 1.48 bits per heavy atom. The van der Waals surface area contributed by atoms with Crippen LogP contribution in [0, 0.1) is 6.92 Å². The van der Waals surface area contributed by atoms with Crippen LogP contribution in [-0.4, -0.2) is 52.1 Å². The molecule has 0 spiro atoms. The summed E-state index contributed by atoms with van der Waals surface area (Å²) in [5.74, 6) is 0.955. The van der Waals surface area contributed by atoms with Crippen LogP contribution in [0.3, 0.4) is 0 Å². The van der Waals surface area contributed by atoms with Crippen LogP contribution in [0.5, 0.6) is 17.2 Å². The van der Waals surface area contributed by atoms with Gasteiger partial charge in [0.25, 0.3) is 0 Å². The molecule has 29 heavy (non-hydrogen) atoms. The van der Waals surface area contributed by atoms with E-state index in [1.54, 1.807) is 40.0 Å². The predicted octanol–water partition coefficient (Wildman–Crippen LogP) is 3.19. The zero-order valence-electron chi connectivity index (χ0n) is 17.2. The molecule has 0 amide bonds. The average Bonchev–Trinajstić information content (AvgIpc) is 3.30. The minimum Gasteiger partial charge on any atom is -0.493 e. The molecule has 2 heterocycles. The van der Waals surface area contributed by atoms with Gasteiger partial charge in [-0.3, -0.25) is 0 Å². The fraction of sp³-hybridized carbons (Fsp3) is 0.400. The largest absolute Gasteiger partial charge is 0.493 e. The van der Waals surface area contributed by atoms with E-state index in [0.717, 1.165) is 11.3 Å². The van der Waals surface area contributed by atoms with Gasteiger partial charge < -0.3 is 28.3 Å². The number of rotatable bonds is 6. The Balaban J connectivity index is 2.21. The quantitative estimate of drug-likeness (QED) is 0.658. The Bertz CT molecular complexity index is 941. The van der Waals surface area contributed by atoms with E-state index < -0.39 is 11.9 Å². The van der Waals surface area contributed by atoms with Crippen molar-refractivity contribution in [2.24, 2.45) is 0 Å². The van der Waals surface area contributed by atoms with Crippen molar-refractivity contribution in [3.05, 3.63) is 40.2 Å². The Hall–Kier alpha value is -2.81. The van der Waals surface area contributed by atoms with Gasteiger partial charge in [-0.2, -0.15) is 0 Å². The van der Waals surface area contributed by atoms with Gasteiger partial charge in [-0.25, -0.2) is 9.59 Å².